The van der Waals surface area contributed by atoms with Crippen LogP contribution in [0.2, 0.25) is 0 Å². The smallest absolute Gasteiger partial charge is 0.252 e. The molecule has 0 radical (unpaired) electrons. The Balaban J connectivity index is 2.07. The largest absolute Gasteiger partial charge is 0.363 e. The van der Waals surface area contributed by atoms with E-state index in [0.29, 0.717) is 24.3 Å². The Hall–Kier alpha value is -2.11. The summed E-state index contributed by atoms with van der Waals surface area (Å²) in [6.45, 7) is 0.686. The summed E-state index contributed by atoms with van der Waals surface area (Å²) in [5.41, 5.74) is 0.515. The highest BCUT2D eigenvalue weighted by molar-refractivity contribution is 5.98. The standard InChI is InChI=1S/C14H20N4O2/c1-18(2)12-9-10(6-8-15-12)13(19)17-11-5-3-4-7-16-14(11)20/h6,8-9,11H,3-5,7H2,1-2H3,(H,16,20)(H,17,19)/t11-/m1/s1. The molecule has 1 aromatic rings. The van der Waals surface area contributed by atoms with Crippen molar-refractivity contribution in [2.75, 3.05) is 25.5 Å². The van der Waals surface area contributed by atoms with Gasteiger partial charge in [-0.15, -0.1) is 0 Å². The Labute approximate surface area is 118 Å². The summed E-state index contributed by atoms with van der Waals surface area (Å²) in [7, 11) is 3.73. The molecule has 1 aliphatic heterocycles. The molecule has 6 nitrogen and oxygen atoms in total. The molecule has 6 heteroatoms. The number of anilines is 1. The van der Waals surface area contributed by atoms with E-state index in [9.17, 15) is 9.59 Å². The van der Waals surface area contributed by atoms with Crippen molar-refractivity contribution >= 4 is 17.6 Å². The van der Waals surface area contributed by atoms with E-state index in [-0.39, 0.29) is 11.8 Å². The molecule has 1 fully saturated rings. The van der Waals surface area contributed by atoms with Crippen molar-refractivity contribution in [2.45, 2.75) is 25.3 Å². The van der Waals surface area contributed by atoms with Gasteiger partial charge < -0.3 is 15.5 Å². The zero-order valence-electron chi connectivity index (χ0n) is 11.8. The molecule has 0 bridgehead atoms. The van der Waals surface area contributed by atoms with Crippen molar-refractivity contribution in [1.82, 2.24) is 15.6 Å². The summed E-state index contributed by atoms with van der Waals surface area (Å²) in [5.74, 6) is 0.373. The van der Waals surface area contributed by atoms with Gasteiger partial charge in [0.2, 0.25) is 5.91 Å². The molecule has 1 aliphatic rings. The zero-order valence-corrected chi connectivity index (χ0v) is 11.8. The lowest BCUT2D eigenvalue weighted by Crippen LogP contribution is -2.45. The summed E-state index contributed by atoms with van der Waals surface area (Å²) >= 11 is 0. The molecule has 2 amide bonds. The Morgan fingerprint density at radius 1 is 1.45 bits per heavy atom. The highest BCUT2D eigenvalue weighted by Gasteiger charge is 2.23. The molecule has 0 spiro atoms. The molecule has 0 aliphatic carbocycles. The lowest BCUT2D eigenvalue weighted by atomic mass is 10.1. The quantitative estimate of drug-likeness (QED) is 0.845. The van der Waals surface area contributed by atoms with Crippen molar-refractivity contribution in [1.29, 1.82) is 0 Å². The maximum Gasteiger partial charge on any atom is 0.252 e. The number of hydrogen-bond acceptors (Lipinski definition) is 4. The minimum atomic E-state index is -0.444. The van der Waals surface area contributed by atoms with Gasteiger partial charge in [-0.1, -0.05) is 0 Å². The van der Waals surface area contributed by atoms with Gasteiger partial charge >= 0.3 is 0 Å². The number of hydrogen-bond donors (Lipinski definition) is 2. The predicted molar refractivity (Wildman–Crippen MR) is 76.7 cm³/mol. The third-order valence-corrected chi connectivity index (χ3v) is 3.31. The van der Waals surface area contributed by atoms with Crippen molar-refractivity contribution in [3.63, 3.8) is 0 Å². The van der Waals surface area contributed by atoms with Crippen LogP contribution < -0.4 is 15.5 Å². The molecule has 108 valence electrons. The molecule has 20 heavy (non-hydrogen) atoms. The number of carbonyl (C=O) groups is 2. The van der Waals surface area contributed by atoms with Gasteiger partial charge in [0.1, 0.15) is 11.9 Å². The molecule has 1 saturated heterocycles. The SMILES string of the molecule is CN(C)c1cc(C(=O)N[C@@H]2CCCCNC2=O)ccn1. The summed E-state index contributed by atoms with van der Waals surface area (Å²) in [5, 5.41) is 5.60. The van der Waals surface area contributed by atoms with E-state index in [1.165, 1.54) is 0 Å². The van der Waals surface area contributed by atoms with Crippen molar-refractivity contribution in [2.24, 2.45) is 0 Å². The lowest BCUT2D eigenvalue weighted by molar-refractivity contribution is -0.122. The van der Waals surface area contributed by atoms with Crippen LogP contribution in [0, 0.1) is 0 Å². The summed E-state index contributed by atoms with van der Waals surface area (Å²) < 4.78 is 0. The first-order valence-corrected chi connectivity index (χ1v) is 6.80. The summed E-state index contributed by atoms with van der Waals surface area (Å²) in [6, 6.07) is 2.92. The molecule has 0 unspecified atom stereocenters. The summed E-state index contributed by atoms with van der Waals surface area (Å²) in [6.07, 6.45) is 4.17. The molecule has 0 saturated carbocycles. The van der Waals surface area contributed by atoms with Gasteiger partial charge in [0.15, 0.2) is 0 Å². The van der Waals surface area contributed by atoms with Gasteiger partial charge in [-0.25, -0.2) is 4.98 Å². The molecule has 2 N–H and O–H groups in total. The van der Waals surface area contributed by atoms with E-state index in [2.05, 4.69) is 15.6 Å². The van der Waals surface area contributed by atoms with Crippen LogP contribution in [0.5, 0.6) is 0 Å². The second kappa shape index (κ2) is 6.36. The third-order valence-electron chi connectivity index (χ3n) is 3.31. The van der Waals surface area contributed by atoms with Gasteiger partial charge in [-0.2, -0.15) is 0 Å². The second-order valence-electron chi connectivity index (χ2n) is 5.11. The molecular formula is C14H20N4O2. The first-order chi connectivity index (χ1) is 9.58. The van der Waals surface area contributed by atoms with Gasteiger partial charge in [-0.3, -0.25) is 9.59 Å². The molecule has 2 heterocycles. The van der Waals surface area contributed by atoms with Crippen LogP contribution >= 0.6 is 0 Å². The first-order valence-electron chi connectivity index (χ1n) is 6.80. The number of rotatable bonds is 3. The fourth-order valence-electron chi connectivity index (χ4n) is 2.12. The Kier molecular flexibility index (Phi) is 4.55. The zero-order chi connectivity index (χ0) is 14.5. The predicted octanol–water partition coefficient (Wildman–Crippen LogP) is 0.546. The highest BCUT2D eigenvalue weighted by Crippen LogP contribution is 2.11. The average Bonchev–Trinajstić information content (AvgIpc) is 2.64. The minimum Gasteiger partial charge on any atom is -0.363 e. The van der Waals surface area contributed by atoms with E-state index >= 15 is 0 Å². The van der Waals surface area contributed by atoms with Crippen LogP contribution in [-0.4, -0.2) is 43.5 Å². The molecular weight excluding hydrogens is 256 g/mol. The van der Waals surface area contributed by atoms with Crippen molar-refractivity contribution < 1.29 is 9.59 Å². The molecule has 1 atom stereocenters. The monoisotopic (exact) mass is 276 g/mol. The fourth-order valence-corrected chi connectivity index (χ4v) is 2.12. The van der Waals surface area contributed by atoms with Crippen LogP contribution in [0.4, 0.5) is 5.82 Å². The third kappa shape index (κ3) is 3.46. The Morgan fingerprint density at radius 2 is 2.25 bits per heavy atom. The number of carbonyl (C=O) groups excluding carboxylic acids is 2. The number of pyridine rings is 1. The molecule has 2 rings (SSSR count). The van der Waals surface area contributed by atoms with Gasteiger partial charge in [-0.05, 0) is 31.4 Å². The number of nitrogens with zero attached hydrogens (tertiary/aromatic N) is 2. The first kappa shape index (κ1) is 14.3. The maximum atomic E-state index is 12.2. The number of aromatic nitrogens is 1. The van der Waals surface area contributed by atoms with Crippen LogP contribution in [0.25, 0.3) is 0 Å². The van der Waals surface area contributed by atoms with Crippen LogP contribution in [-0.2, 0) is 4.79 Å². The van der Waals surface area contributed by atoms with Gasteiger partial charge in [0.25, 0.3) is 5.91 Å². The van der Waals surface area contributed by atoms with E-state index in [4.69, 9.17) is 0 Å². The topological polar surface area (TPSA) is 74.3 Å². The van der Waals surface area contributed by atoms with Crippen LogP contribution in [0.1, 0.15) is 29.6 Å². The Bertz CT molecular complexity index is 502. The van der Waals surface area contributed by atoms with E-state index in [1.54, 1.807) is 18.3 Å². The maximum absolute atomic E-state index is 12.2. The molecule has 0 aromatic carbocycles. The minimum absolute atomic E-state index is 0.0993. The normalized spacial score (nSPS) is 18.9. The number of amides is 2. The van der Waals surface area contributed by atoms with E-state index in [0.717, 1.165) is 12.8 Å². The van der Waals surface area contributed by atoms with Crippen molar-refractivity contribution in [3.05, 3.63) is 23.9 Å². The van der Waals surface area contributed by atoms with Crippen molar-refractivity contribution in [3.8, 4) is 0 Å². The van der Waals surface area contributed by atoms with Gasteiger partial charge in [0.05, 0.1) is 0 Å². The second-order valence-corrected chi connectivity index (χ2v) is 5.11. The van der Waals surface area contributed by atoms with Gasteiger partial charge in [0, 0.05) is 32.4 Å². The van der Waals surface area contributed by atoms with E-state index < -0.39 is 6.04 Å². The van der Waals surface area contributed by atoms with Crippen LogP contribution in [0.3, 0.4) is 0 Å². The number of nitrogens with one attached hydrogen (secondary N) is 2. The highest BCUT2D eigenvalue weighted by atomic mass is 16.2. The van der Waals surface area contributed by atoms with Crippen LogP contribution in [0.15, 0.2) is 18.3 Å². The average molecular weight is 276 g/mol. The Morgan fingerprint density at radius 3 is 3.00 bits per heavy atom. The summed E-state index contributed by atoms with van der Waals surface area (Å²) in [4.78, 5) is 30.0. The van der Waals surface area contributed by atoms with E-state index in [1.807, 2.05) is 19.0 Å². The fraction of sp³-hybridized carbons (Fsp3) is 0.500. The lowest BCUT2D eigenvalue weighted by Gasteiger charge is -2.16. The molecule has 1 aromatic heterocycles.